The maximum Gasteiger partial charge on any atom is 0.303 e. The molecule has 0 heterocycles. The second kappa shape index (κ2) is 25.4. The quantitative estimate of drug-likeness (QED) is 0.0506. The highest BCUT2D eigenvalue weighted by Gasteiger charge is 2.27. The normalized spacial score (nSPS) is 11.8. The number of carboxylic acids is 3. The van der Waals surface area contributed by atoms with Gasteiger partial charge in [0.25, 0.3) is 0 Å². The van der Waals surface area contributed by atoms with Crippen LogP contribution in [-0.4, -0.2) is 63.9 Å². The predicted molar refractivity (Wildman–Crippen MR) is 154 cm³/mol. The van der Waals surface area contributed by atoms with Crippen molar-refractivity contribution in [2.75, 3.05) is 26.2 Å². The molecule has 0 saturated carbocycles. The number of aliphatic carboxylic acids is 3. The molecule has 0 fully saturated rings. The van der Waals surface area contributed by atoms with Gasteiger partial charge in [0.05, 0.1) is 45.4 Å². The molecule has 0 aromatic rings. The van der Waals surface area contributed by atoms with Gasteiger partial charge < -0.3 is 19.8 Å². The first-order valence-electron chi connectivity index (χ1n) is 15.5. The fourth-order valence-corrected chi connectivity index (χ4v) is 5.31. The topological polar surface area (TPSA) is 112 Å². The molecule has 0 atom stereocenters. The summed E-state index contributed by atoms with van der Waals surface area (Å²) in [5.74, 6) is -2.47. The van der Waals surface area contributed by atoms with Crippen molar-refractivity contribution in [3.63, 3.8) is 0 Å². The minimum atomic E-state index is -0.824. The smallest absolute Gasteiger partial charge is 0.303 e. The summed E-state index contributed by atoms with van der Waals surface area (Å²) < 4.78 is 0.642. The molecule has 0 aliphatic carbocycles. The number of carbonyl (C=O) groups is 3. The Morgan fingerprint density at radius 1 is 0.474 bits per heavy atom. The van der Waals surface area contributed by atoms with Crippen molar-refractivity contribution in [2.24, 2.45) is 0 Å². The van der Waals surface area contributed by atoms with E-state index in [0.717, 1.165) is 25.8 Å². The lowest BCUT2D eigenvalue weighted by Gasteiger charge is -2.39. The summed E-state index contributed by atoms with van der Waals surface area (Å²) in [6, 6.07) is 0. The van der Waals surface area contributed by atoms with Gasteiger partial charge in [0.2, 0.25) is 0 Å². The average Bonchev–Trinajstić information content (AvgIpc) is 2.85. The maximum absolute atomic E-state index is 11.1. The van der Waals surface area contributed by atoms with Gasteiger partial charge in [0.15, 0.2) is 0 Å². The lowest BCUT2D eigenvalue weighted by atomic mass is 10.0. The van der Waals surface area contributed by atoms with E-state index < -0.39 is 17.9 Å². The monoisotopic (exact) mass is 540 g/mol. The first-order chi connectivity index (χ1) is 18.3. The van der Waals surface area contributed by atoms with Gasteiger partial charge in [-0.05, 0) is 32.1 Å². The molecular weight excluding hydrogens is 482 g/mol. The standard InChI is InChI=1S/C31H57NO6/c1-2-3-4-5-6-7-8-9-10-11-12-13-14-15-16-17-18-25-32(26-19-22-29(33)34,27-20-23-30(35)36)28-21-24-31(37)38/h3-4H,2,5-28H2,1H3,(H2-,33,34,35,36,37,38)/p+1/b4-3+. The van der Waals surface area contributed by atoms with Gasteiger partial charge in [-0.3, -0.25) is 14.4 Å². The van der Waals surface area contributed by atoms with Gasteiger partial charge in [-0.15, -0.1) is 0 Å². The molecule has 0 radical (unpaired) electrons. The van der Waals surface area contributed by atoms with Crippen molar-refractivity contribution in [2.45, 2.75) is 142 Å². The van der Waals surface area contributed by atoms with Crippen molar-refractivity contribution in [1.82, 2.24) is 0 Å². The average molecular weight is 541 g/mol. The largest absolute Gasteiger partial charge is 0.481 e. The molecule has 0 aromatic heterocycles. The Hall–Kier alpha value is -1.89. The van der Waals surface area contributed by atoms with Crippen LogP contribution in [0.4, 0.5) is 0 Å². The van der Waals surface area contributed by atoms with Gasteiger partial charge in [-0.2, -0.15) is 0 Å². The first-order valence-corrected chi connectivity index (χ1v) is 15.5. The van der Waals surface area contributed by atoms with Gasteiger partial charge >= 0.3 is 17.9 Å². The van der Waals surface area contributed by atoms with E-state index in [9.17, 15) is 14.4 Å². The molecule has 0 aliphatic heterocycles. The minimum Gasteiger partial charge on any atom is -0.481 e. The van der Waals surface area contributed by atoms with E-state index in [1.165, 1.54) is 77.0 Å². The van der Waals surface area contributed by atoms with Crippen LogP contribution in [0.25, 0.3) is 0 Å². The molecule has 0 spiro atoms. The molecule has 3 N–H and O–H groups in total. The van der Waals surface area contributed by atoms with Crippen LogP contribution in [-0.2, 0) is 14.4 Å². The van der Waals surface area contributed by atoms with E-state index >= 15 is 0 Å². The van der Waals surface area contributed by atoms with Gasteiger partial charge in [-0.1, -0.05) is 83.3 Å². The highest BCUT2D eigenvalue weighted by Crippen LogP contribution is 2.19. The Kier molecular flexibility index (Phi) is 24.1. The molecule has 0 bridgehead atoms. The molecule has 0 aromatic carbocycles. The predicted octanol–water partition coefficient (Wildman–Crippen LogP) is 7.83. The van der Waals surface area contributed by atoms with Crippen LogP contribution in [0, 0.1) is 0 Å². The Balaban J connectivity index is 4.20. The molecule has 0 amide bonds. The maximum atomic E-state index is 11.1. The first kappa shape index (κ1) is 36.1. The molecule has 7 nitrogen and oxygen atoms in total. The zero-order valence-electron chi connectivity index (χ0n) is 24.3. The molecule has 0 saturated heterocycles. The highest BCUT2D eigenvalue weighted by molar-refractivity contribution is 5.67. The Bertz CT molecular complexity index is 584. The van der Waals surface area contributed by atoms with E-state index in [4.69, 9.17) is 15.3 Å². The van der Waals surface area contributed by atoms with E-state index in [1.54, 1.807) is 0 Å². The van der Waals surface area contributed by atoms with Crippen molar-refractivity contribution >= 4 is 17.9 Å². The van der Waals surface area contributed by atoms with Crippen LogP contribution in [0.15, 0.2) is 12.2 Å². The third-order valence-corrected chi connectivity index (χ3v) is 7.47. The summed E-state index contributed by atoms with van der Waals surface area (Å²) in [5.41, 5.74) is 0. The van der Waals surface area contributed by atoms with E-state index in [-0.39, 0.29) is 19.3 Å². The summed E-state index contributed by atoms with van der Waals surface area (Å²) in [6.07, 6.45) is 25.4. The number of hydrogen-bond acceptors (Lipinski definition) is 3. The summed E-state index contributed by atoms with van der Waals surface area (Å²) in [4.78, 5) is 33.2. The number of rotatable bonds is 29. The van der Waals surface area contributed by atoms with E-state index in [2.05, 4.69) is 19.1 Å². The summed E-state index contributed by atoms with van der Waals surface area (Å²) in [6.45, 7) is 5.05. The summed E-state index contributed by atoms with van der Waals surface area (Å²) in [5, 5.41) is 27.2. The number of unbranched alkanes of at least 4 members (excludes halogenated alkanes) is 13. The molecule has 38 heavy (non-hydrogen) atoms. The summed E-state index contributed by atoms with van der Waals surface area (Å²) >= 11 is 0. The second-order valence-electron chi connectivity index (χ2n) is 11.0. The van der Waals surface area contributed by atoms with Crippen molar-refractivity contribution in [1.29, 1.82) is 0 Å². The second-order valence-corrected chi connectivity index (χ2v) is 11.0. The highest BCUT2D eigenvalue weighted by atomic mass is 16.4. The van der Waals surface area contributed by atoms with Crippen LogP contribution in [0.5, 0.6) is 0 Å². The van der Waals surface area contributed by atoms with Gasteiger partial charge in [-0.25, -0.2) is 0 Å². The van der Waals surface area contributed by atoms with Crippen LogP contribution >= 0.6 is 0 Å². The number of allylic oxidation sites excluding steroid dienone is 2. The molecule has 222 valence electrons. The minimum absolute atomic E-state index is 0.0918. The van der Waals surface area contributed by atoms with Crippen molar-refractivity contribution in [3.8, 4) is 0 Å². The number of hydrogen-bond donors (Lipinski definition) is 3. The fraction of sp³-hybridized carbons (Fsp3) is 0.839. The molecule has 0 unspecified atom stereocenters. The third kappa shape index (κ3) is 24.4. The van der Waals surface area contributed by atoms with Gasteiger partial charge in [0, 0.05) is 19.3 Å². The number of nitrogens with zero attached hydrogens (tertiary/aromatic N) is 1. The van der Waals surface area contributed by atoms with Crippen LogP contribution in [0.3, 0.4) is 0 Å². The van der Waals surface area contributed by atoms with Crippen molar-refractivity contribution in [3.05, 3.63) is 12.2 Å². The van der Waals surface area contributed by atoms with Crippen LogP contribution < -0.4 is 0 Å². The summed E-state index contributed by atoms with van der Waals surface area (Å²) in [7, 11) is 0. The molecule has 0 rings (SSSR count). The number of carboxylic acid groups (broad SMARTS) is 3. The van der Waals surface area contributed by atoms with Crippen molar-refractivity contribution < 1.29 is 34.2 Å². The van der Waals surface area contributed by atoms with Gasteiger partial charge in [0.1, 0.15) is 0 Å². The van der Waals surface area contributed by atoms with E-state index in [1.807, 2.05) is 0 Å². The fourth-order valence-electron chi connectivity index (χ4n) is 5.31. The van der Waals surface area contributed by atoms with Crippen LogP contribution in [0.2, 0.25) is 0 Å². The molecular formula is C31H58NO6+. The lowest BCUT2D eigenvalue weighted by Crippen LogP contribution is -2.51. The Morgan fingerprint density at radius 2 is 0.789 bits per heavy atom. The Morgan fingerprint density at radius 3 is 1.13 bits per heavy atom. The zero-order valence-corrected chi connectivity index (χ0v) is 24.3. The molecule has 7 heteroatoms. The van der Waals surface area contributed by atoms with E-state index in [0.29, 0.717) is 43.4 Å². The van der Waals surface area contributed by atoms with Crippen LogP contribution in [0.1, 0.15) is 142 Å². The zero-order chi connectivity index (χ0) is 28.3. The lowest BCUT2D eigenvalue weighted by molar-refractivity contribution is -0.929. The SMILES string of the molecule is CC/C=C/CCCCCCCCCCCCCCC[N+](CCCC(=O)O)(CCCC(=O)O)CCCC(=O)O. The number of quaternary nitrogens is 1. The molecule has 0 aliphatic rings. The third-order valence-electron chi connectivity index (χ3n) is 7.47. The Labute approximate surface area is 232 Å².